The third kappa shape index (κ3) is 2.84. The fraction of sp³-hybridized carbons (Fsp3) is 0.429. The van der Waals surface area contributed by atoms with E-state index in [9.17, 15) is 9.18 Å². The predicted molar refractivity (Wildman–Crippen MR) is 70.1 cm³/mol. The molecule has 0 aromatic heterocycles. The maximum atomic E-state index is 13.6. The van der Waals surface area contributed by atoms with Crippen molar-refractivity contribution in [2.45, 2.75) is 12.8 Å². The summed E-state index contributed by atoms with van der Waals surface area (Å²) in [6, 6.07) is 6.44. The lowest BCUT2D eigenvalue weighted by Gasteiger charge is -2.32. The zero-order valence-corrected chi connectivity index (χ0v) is 10.8. The second-order valence-electron chi connectivity index (χ2n) is 4.65. The molecular formula is C14H16FN3O. The van der Waals surface area contributed by atoms with Crippen LogP contribution < -0.4 is 10.2 Å². The zero-order chi connectivity index (χ0) is 13.8. The fourth-order valence-corrected chi connectivity index (χ4v) is 2.40. The average molecular weight is 261 g/mol. The maximum Gasteiger partial charge on any atom is 0.222 e. The number of anilines is 1. The van der Waals surface area contributed by atoms with Gasteiger partial charge >= 0.3 is 0 Å². The highest BCUT2D eigenvalue weighted by molar-refractivity contribution is 5.78. The van der Waals surface area contributed by atoms with Crippen LogP contribution in [0.15, 0.2) is 18.2 Å². The monoisotopic (exact) mass is 261 g/mol. The van der Waals surface area contributed by atoms with E-state index in [2.05, 4.69) is 5.32 Å². The Kier molecular flexibility index (Phi) is 4.00. The molecule has 19 heavy (non-hydrogen) atoms. The van der Waals surface area contributed by atoms with E-state index in [1.54, 1.807) is 13.1 Å². The van der Waals surface area contributed by atoms with Crippen LogP contribution in [0.2, 0.25) is 0 Å². The van der Waals surface area contributed by atoms with Gasteiger partial charge in [0.05, 0.1) is 5.56 Å². The van der Waals surface area contributed by atoms with Crippen molar-refractivity contribution >= 4 is 11.6 Å². The molecule has 0 spiro atoms. The number of amides is 1. The number of nitrogens with zero attached hydrogens (tertiary/aromatic N) is 2. The molecule has 0 aliphatic carbocycles. The molecule has 2 rings (SSSR count). The minimum atomic E-state index is -0.492. The molecule has 1 fully saturated rings. The molecule has 1 aliphatic heterocycles. The van der Waals surface area contributed by atoms with Gasteiger partial charge in [0.25, 0.3) is 0 Å². The molecule has 1 aliphatic rings. The number of nitriles is 1. The first-order chi connectivity index (χ1) is 9.15. The van der Waals surface area contributed by atoms with Crippen molar-refractivity contribution in [3.8, 4) is 6.07 Å². The van der Waals surface area contributed by atoms with Crippen molar-refractivity contribution in [2.24, 2.45) is 5.92 Å². The van der Waals surface area contributed by atoms with E-state index in [1.807, 2.05) is 11.0 Å². The Morgan fingerprint density at radius 3 is 2.68 bits per heavy atom. The number of rotatable bonds is 2. The molecule has 100 valence electrons. The molecule has 1 heterocycles. The Bertz CT molecular complexity index is 516. The highest BCUT2D eigenvalue weighted by Crippen LogP contribution is 2.24. The summed E-state index contributed by atoms with van der Waals surface area (Å²) in [7, 11) is 1.64. The average Bonchev–Trinajstić information content (AvgIpc) is 2.46. The topological polar surface area (TPSA) is 56.1 Å². The normalized spacial score (nSPS) is 15.9. The van der Waals surface area contributed by atoms with Gasteiger partial charge in [-0.15, -0.1) is 0 Å². The minimum absolute atomic E-state index is 0.0458. The van der Waals surface area contributed by atoms with Crippen LogP contribution in [-0.4, -0.2) is 26.0 Å². The summed E-state index contributed by atoms with van der Waals surface area (Å²) in [5.74, 6) is -0.372. The largest absolute Gasteiger partial charge is 0.371 e. The number of carbonyl (C=O) groups excluding carboxylic acids is 1. The van der Waals surface area contributed by atoms with Crippen LogP contribution >= 0.6 is 0 Å². The molecule has 0 atom stereocenters. The van der Waals surface area contributed by atoms with Gasteiger partial charge in [-0.05, 0) is 31.0 Å². The van der Waals surface area contributed by atoms with E-state index >= 15 is 0 Å². The first kappa shape index (κ1) is 13.3. The first-order valence-corrected chi connectivity index (χ1v) is 6.32. The standard InChI is InChI=1S/C14H16FN3O/c1-17-14(19)10-4-6-18(7-5-10)12-3-2-11(9-16)13(15)8-12/h2-3,8,10H,4-7H2,1H3,(H,17,19). The molecule has 1 aromatic rings. The SMILES string of the molecule is CNC(=O)C1CCN(c2ccc(C#N)c(F)c2)CC1. The van der Waals surface area contributed by atoms with Crippen molar-refractivity contribution < 1.29 is 9.18 Å². The van der Waals surface area contributed by atoms with Crippen molar-refractivity contribution in [1.82, 2.24) is 5.32 Å². The van der Waals surface area contributed by atoms with Gasteiger partial charge in [0.1, 0.15) is 11.9 Å². The van der Waals surface area contributed by atoms with Gasteiger partial charge in [0, 0.05) is 31.7 Å². The van der Waals surface area contributed by atoms with Crippen LogP contribution in [0.3, 0.4) is 0 Å². The molecular weight excluding hydrogens is 245 g/mol. The summed E-state index contributed by atoms with van der Waals surface area (Å²) in [5.41, 5.74) is 0.829. The third-order valence-electron chi connectivity index (χ3n) is 3.55. The summed E-state index contributed by atoms with van der Waals surface area (Å²) in [6.45, 7) is 1.45. The Morgan fingerprint density at radius 1 is 1.47 bits per heavy atom. The van der Waals surface area contributed by atoms with E-state index in [1.165, 1.54) is 12.1 Å². The van der Waals surface area contributed by atoms with Gasteiger partial charge in [-0.1, -0.05) is 0 Å². The van der Waals surface area contributed by atoms with Crippen LogP contribution in [0.5, 0.6) is 0 Å². The van der Waals surface area contributed by atoms with Crippen LogP contribution in [0.1, 0.15) is 18.4 Å². The molecule has 1 amide bonds. The molecule has 1 N–H and O–H groups in total. The lowest BCUT2D eigenvalue weighted by atomic mass is 9.95. The molecule has 1 aromatic carbocycles. The maximum absolute atomic E-state index is 13.6. The van der Waals surface area contributed by atoms with E-state index in [4.69, 9.17) is 5.26 Å². The Hall–Kier alpha value is -2.09. The number of piperidine rings is 1. The Morgan fingerprint density at radius 2 is 2.16 bits per heavy atom. The van der Waals surface area contributed by atoms with E-state index < -0.39 is 5.82 Å². The molecule has 4 nitrogen and oxygen atoms in total. The van der Waals surface area contributed by atoms with Gasteiger partial charge in [-0.2, -0.15) is 5.26 Å². The van der Waals surface area contributed by atoms with Crippen LogP contribution in [0, 0.1) is 23.1 Å². The van der Waals surface area contributed by atoms with Crippen LogP contribution in [-0.2, 0) is 4.79 Å². The second-order valence-corrected chi connectivity index (χ2v) is 4.65. The molecule has 5 heteroatoms. The van der Waals surface area contributed by atoms with E-state index in [0.717, 1.165) is 31.6 Å². The quantitative estimate of drug-likeness (QED) is 0.881. The van der Waals surface area contributed by atoms with Crippen LogP contribution in [0.25, 0.3) is 0 Å². The highest BCUT2D eigenvalue weighted by Gasteiger charge is 2.24. The van der Waals surface area contributed by atoms with Crippen molar-refractivity contribution in [3.63, 3.8) is 0 Å². The minimum Gasteiger partial charge on any atom is -0.371 e. The molecule has 0 bridgehead atoms. The number of hydrogen-bond donors (Lipinski definition) is 1. The van der Waals surface area contributed by atoms with Crippen molar-refractivity contribution in [2.75, 3.05) is 25.0 Å². The molecule has 0 saturated carbocycles. The summed E-state index contributed by atoms with van der Waals surface area (Å²) in [4.78, 5) is 13.6. The number of carbonyl (C=O) groups is 1. The van der Waals surface area contributed by atoms with Crippen LogP contribution in [0.4, 0.5) is 10.1 Å². The Labute approximate surface area is 111 Å². The number of halogens is 1. The van der Waals surface area contributed by atoms with Gasteiger partial charge in [0.2, 0.25) is 5.91 Å². The zero-order valence-electron chi connectivity index (χ0n) is 10.8. The second kappa shape index (κ2) is 5.70. The lowest BCUT2D eigenvalue weighted by Crippen LogP contribution is -2.39. The Balaban J connectivity index is 2.04. The smallest absolute Gasteiger partial charge is 0.222 e. The number of nitrogens with one attached hydrogen (secondary N) is 1. The van der Waals surface area contributed by atoms with E-state index in [-0.39, 0.29) is 17.4 Å². The van der Waals surface area contributed by atoms with Gasteiger partial charge < -0.3 is 10.2 Å². The summed E-state index contributed by atoms with van der Waals surface area (Å²) in [5, 5.41) is 11.4. The molecule has 0 radical (unpaired) electrons. The van der Waals surface area contributed by atoms with E-state index in [0.29, 0.717) is 0 Å². The first-order valence-electron chi connectivity index (χ1n) is 6.32. The van der Waals surface area contributed by atoms with Crippen molar-refractivity contribution in [3.05, 3.63) is 29.6 Å². The lowest BCUT2D eigenvalue weighted by molar-refractivity contribution is -0.125. The number of benzene rings is 1. The molecule has 0 unspecified atom stereocenters. The predicted octanol–water partition coefficient (Wildman–Crippen LogP) is 1.66. The third-order valence-corrected chi connectivity index (χ3v) is 3.55. The van der Waals surface area contributed by atoms with Gasteiger partial charge in [-0.25, -0.2) is 4.39 Å². The van der Waals surface area contributed by atoms with Crippen molar-refractivity contribution in [1.29, 1.82) is 5.26 Å². The molecule has 1 saturated heterocycles. The highest BCUT2D eigenvalue weighted by atomic mass is 19.1. The summed E-state index contributed by atoms with van der Waals surface area (Å²) in [6.07, 6.45) is 1.53. The number of hydrogen-bond acceptors (Lipinski definition) is 3. The van der Waals surface area contributed by atoms with Gasteiger partial charge in [0.15, 0.2) is 0 Å². The summed E-state index contributed by atoms with van der Waals surface area (Å²) >= 11 is 0. The van der Waals surface area contributed by atoms with Gasteiger partial charge in [-0.3, -0.25) is 4.79 Å². The fourth-order valence-electron chi connectivity index (χ4n) is 2.40. The summed E-state index contributed by atoms with van der Waals surface area (Å²) < 4.78 is 13.6.